The van der Waals surface area contributed by atoms with Crippen LogP contribution in [0.15, 0.2) is 82.6 Å². The van der Waals surface area contributed by atoms with Gasteiger partial charge < -0.3 is 10.6 Å². The van der Waals surface area contributed by atoms with Crippen LogP contribution in [0.4, 0.5) is 15.8 Å². The normalized spacial score (nSPS) is 13.9. The Labute approximate surface area is 188 Å². The van der Waals surface area contributed by atoms with Crippen molar-refractivity contribution >= 4 is 31.0 Å². The van der Waals surface area contributed by atoms with Gasteiger partial charge in [-0.25, -0.2) is 21.2 Å². The van der Waals surface area contributed by atoms with E-state index in [4.69, 9.17) is 0 Å². The number of benzene rings is 3. The van der Waals surface area contributed by atoms with Crippen LogP contribution in [-0.4, -0.2) is 27.6 Å². The molecule has 0 bridgehead atoms. The Hall–Kier alpha value is -2.91. The van der Waals surface area contributed by atoms with E-state index in [0.717, 1.165) is 0 Å². The molecule has 0 aliphatic carbocycles. The van der Waals surface area contributed by atoms with Crippen molar-refractivity contribution in [1.82, 2.24) is 0 Å². The van der Waals surface area contributed by atoms with Crippen molar-refractivity contribution in [2.45, 2.75) is 41.3 Å². The highest BCUT2D eigenvalue weighted by atomic mass is 32.2. The molecule has 9 heteroatoms. The van der Waals surface area contributed by atoms with Crippen LogP contribution in [0.5, 0.6) is 0 Å². The maximum atomic E-state index is 14.6. The molecule has 170 valence electrons. The maximum Gasteiger partial charge on any atom is 0.198 e. The topological polar surface area (TPSA) is 92.3 Å². The molecule has 2 atom stereocenters. The summed E-state index contributed by atoms with van der Waals surface area (Å²) >= 11 is 0. The SMILES string of the molecule is Cc1cc(F)c(NC(C)S(=O)(=O)c2ccccc2)cc1NC(C)S(=O)(=O)c1ccccc1. The van der Waals surface area contributed by atoms with E-state index >= 15 is 0 Å². The minimum atomic E-state index is -3.75. The summed E-state index contributed by atoms with van der Waals surface area (Å²) in [7, 11) is -7.43. The Morgan fingerprint density at radius 1 is 0.688 bits per heavy atom. The Bertz CT molecular complexity index is 1200. The molecule has 2 unspecified atom stereocenters. The lowest BCUT2D eigenvalue weighted by Crippen LogP contribution is -2.28. The van der Waals surface area contributed by atoms with Gasteiger partial charge in [0.15, 0.2) is 19.7 Å². The lowest BCUT2D eigenvalue weighted by Gasteiger charge is -2.21. The molecular formula is C23H25FN2O4S2. The van der Waals surface area contributed by atoms with E-state index in [1.807, 2.05) is 0 Å². The van der Waals surface area contributed by atoms with Gasteiger partial charge in [-0.1, -0.05) is 36.4 Å². The Morgan fingerprint density at radius 3 is 1.53 bits per heavy atom. The third-order valence-electron chi connectivity index (χ3n) is 5.11. The zero-order valence-corrected chi connectivity index (χ0v) is 19.5. The second-order valence-electron chi connectivity index (χ2n) is 7.44. The van der Waals surface area contributed by atoms with Gasteiger partial charge in [-0.15, -0.1) is 0 Å². The molecule has 0 aliphatic heterocycles. The lowest BCUT2D eigenvalue weighted by atomic mass is 10.1. The highest BCUT2D eigenvalue weighted by molar-refractivity contribution is 7.92. The third-order valence-corrected chi connectivity index (χ3v) is 9.06. The number of anilines is 2. The molecule has 2 N–H and O–H groups in total. The van der Waals surface area contributed by atoms with Crippen LogP contribution in [0.3, 0.4) is 0 Å². The van der Waals surface area contributed by atoms with Gasteiger partial charge in [-0.3, -0.25) is 0 Å². The Balaban J connectivity index is 1.86. The molecule has 32 heavy (non-hydrogen) atoms. The zero-order valence-electron chi connectivity index (χ0n) is 17.9. The highest BCUT2D eigenvalue weighted by Crippen LogP contribution is 2.28. The van der Waals surface area contributed by atoms with Gasteiger partial charge in [-0.2, -0.15) is 0 Å². The summed E-state index contributed by atoms with van der Waals surface area (Å²) in [6, 6.07) is 18.5. The molecule has 0 spiro atoms. The van der Waals surface area contributed by atoms with Crippen LogP contribution < -0.4 is 10.6 Å². The monoisotopic (exact) mass is 476 g/mol. The van der Waals surface area contributed by atoms with Crippen molar-refractivity contribution in [3.8, 4) is 0 Å². The van der Waals surface area contributed by atoms with Crippen LogP contribution in [0.25, 0.3) is 0 Å². The van der Waals surface area contributed by atoms with Crippen molar-refractivity contribution in [3.63, 3.8) is 0 Å². The van der Waals surface area contributed by atoms with Gasteiger partial charge in [0.05, 0.1) is 15.5 Å². The van der Waals surface area contributed by atoms with Crippen LogP contribution in [-0.2, 0) is 19.7 Å². The van der Waals surface area contributed by atoms with Gasteiger partial charge in [-0.05, 0) is 62.7 Å². The zero-order chi connectivity index (χ0) is 23.5. The molecule has 3 rings (SSSR count). The molecule has 0 radical (unpaired) electrons. The summed E-state index contributed by atoms with van der Waals surface area (Å²) in [6.07, 6.45) is 0. The van der Waals surface area contributed by atoms with E-state index < -0.39 is 36.2 Å². The van der Waals surface area contributed by atoms with Crippen molar-refractivity contribution in [2.24, 2.45) is 0 Å². The van der Waals surface area contributed by atoms with Gasteiger partial charge in [0.2, 0.25) is 0 Å². The van der Waals surface area contributed by atoms with E-state index in [1.165, 1.54) is 50.2 Å². The summed E-state index contributed by atoms with van der Waals surface area (Å²) < 4.78 is 65.9. The van der Waals surface area contributed by atoms with Gasteiger partial charge in [0.1, 0.15) is 16.6 Å². The summed E-state index contributed by atoms with van der Waals surface area (Å²) in [4.78, 5) is 0.286. The largest absolute Gasteiger partial charge is 0.369 e. The average Bonchev–Trinajstić information content (AvgIpc) is 2.78. The number of hydrogen-bond donors (Lipinski definition) is 2. The average molecular weight is 477 g/mol. The maximum absolute atomic E-state index is 14.6. The van der Waals surface area contributed by atoms with Crippen LogP contribution in [0.2, 0.25) is 0 Å². The second-order valence-corrected chi connectivity index (χ2v) is 12.0. The Kier molecular flexibility index (Phi) is 6.90. The first kappa shape index (κ1) is 23.7. The number of aryl methyl sites for hydroxylation is 1. The molecule has 3 aromatic carbocycles. The molecular weight excluding hydrogens is 451 g/mol. The number of halogens is 1. The fourth-order valence-electron chi connectivity index (χ4n) is 3.16. The predicted octanol–water partition coefficient (Wildman–Crippen LogP) is 4.60. The minimum absolute atomic E-state index is 0.0468. The molecule has 0 amide bonds. The summed E-state index contributed by atoms with van der Waals surface area (Å²) in [5.41, 5.74) is 0.821. The van der Waals surface area contributed by atoms with E-state index in [1.54, 1.807) is 43.3 Å². The van der Waals surface area contributed by atoms with E-state index in [0.29, 0.717) is 11.3 Å². The third kappa shape index (κ3) is 4.94. The molecule has 6 nitrogen and oxygen atoms in total. The summed E-state index contributed by atoms with van der Waals surface area (Å²) in [5.74, 6) is -0.637. The van der Waals surface area contributed by atoms with Crippen LogP contribution in [0.1, 0.15) is 19.4 Å². The standard InChI is InChI=1S/C23H25FN2O4S2/c1-16-14-21(24)23(26-18(3)32(29,30)20-12-8-5-9-13-20)15-22(16)25-17(2)31(27,28)19-10-6-4-7-11-19/h4-15,17-18,25-26H,1-3H3. The van der Waals surface area contributed by atoms with Crippen LogP contribution >= 0.6 is 0 Å². The van der Waals surface area contributed by atoms with E-state index in [9.17, 15) is 21.2 Å². The first-order valence-corrected chi connectivity index (χ1v) is 13.0. The molecule has 0 saturated carbocycles. The van der Waals surface area contributed by atoms with Crippen molar-refractivity contribution in [2.75, 3.05) is 10.6 Å². The van der Waals surface area contributed by atoms with Crippen molar-refractivity contribution in [3.05, 3.63) is 84.2 Å². The number of nitrogens with one attached hydrogen (secondary N) is 2. The number of sulfone groups is 2. The van der Waals surface area contributed by atoms with Crippen molar-refractivity contribution < 1.29 is 21.2 Å². The fourth-order valence-corrected chi connectivity index (χ4v) is 5.61. The van der Waals surface area contributed by atoms with Gasteiger partial charge >= 0.3 is 0 Å². The fraction of sp³-hybridized carbons (Fsp3) is 0.217. The molecule has 0 fully saturated rings. The highest BCUT2D eigenvalue weighted by Gasteiger charge is 2.26. The first-order valence-electron chi connectivity index (χ1n) is 9.94. The second kappa shape index (κ2) is 9.30. The predicted molar refractivity (Wildman–Crippen MR) is 125 cm³/mol. The minimum Gasteiger partial charge on any atom is -0.369 e. The van der Waals surface area contributed by atoms with E-state index in [2.05, 4.69) is 10.6 Å². The molecule has 0 aromatic heterocycles. The summed E-state index contributed by atoms with van der Waals surface area (Å²) in [5, 5.41) is 3.52. The van der Waals surface area contributed by atoms with Gasteiger partial charge in [0, 0.05) is 5.69 Å². The van der Waals surface area contributed by atoms with E-state index in [-0.39, 0.29) is 15.5 Å². The molecule has 0 saturated heterocycles. The quantitative estimate of drug-likeness (QED) is 0.494. The lowest BCUT2D eigenvalue weighted by molar-refractivity contribution is 0.586. The molecule has 0 aliphatic rings. The smallest absolute Gasteiger partial charge is 0.198 e. The first-order chi connectivity index (χ1) is 15.0. The summed E-state index contributed by atoms with van der Waals surface area (Å²) in [6.45, 7) is 4.57. The van der Waals surface area contributed by atoms with Crippen molar-refractivity contribution in [1.29, 1.82) is 0 Å². The Morgan fingerprint density at radius 2 is 1.09 bits per heavy atom. The number of hydrogen-bond acceptors (Lipinski definition) is 6. The van der Waals surface area contributed by atoms with Crippen LogP contribution in [0, 0.1) is 12.7 Å². The molecule has 3 aromatic rings. The number of rotatable bonds is 8. The molecule has 0 heterocycles. The van der Waals surface area contributed by atoms with Gasteiger partial charge in [0.25, 0.3) is 0 Å².